The predicted octanol–water partition coefficient (Wildman–Crippen LogP) is 3.13. The normalized spacial score (nSPS) is 11.3. The van der Waals surface area contributed by atoms with Gasteiger partial charge in [-0.1, -0.05) is 15.9 Å². The van der Waals surface area contributed by atoms with Crippen LogP contribution in [0.25, 0.3) is 0 Å². The second kappa shape index (κ2) is 10.5. The van der Waals surface area contributed by atoms with Crippen molar-refractivity contribution in [3.63, 3.8) is 0 Å². The van der Waals surface area contributed by atoms with Crippen molar-refractivity contribution >= 4 is 21.8 Å². The van der Waals surface area contributed by atoms with Crippen molar-refractivity contribution in [2.45, 2.75) is 45.8 Å². The van der Waals surface area contributed by atoms with E-state index in [0.717, 1.165) is 29.5 Å². The predicted molar refractivity (Wildman–Crippen MR) is 113 cm³/mol. The van der Waals surface area contributed by atoms with E-state index < -0.39 is 0 Å². The summed E-state index contributed by atoms with van der Waals surface area (Å²) in [6.07, 6.45) is 6.58. The van der Waals surface area contributed by atoms with Crippen molar-refractivity contribution in [2.24, 2.45) is 0 Å². The molecule has 0 bridgehead atoms. The number of halogens is 1. The largest absolute Gasteiger partial charge is 0.493 e. The monoisotopic (exact) mass is 452 g/mol. The van der Waals surface area contributed by atoms with Crippen molar-refractivity contribution in [1.82, 2.24) is 20.2 Å². The molecular formula is C20H29BrN4O3. The summed E-state index contributed by atoms with van der Waals surface area (Å²) in [5, 5.41) is 6.30. The number of carbonyl (C=O) groups is 1. The lowest BCUT2D eigenvalue weighted by molar-refractivity contribution is -0.124. The number of aryl methyl sites for hydroxylation is 1. The summed E-state index contributed by atoms with van der Waals surface area (Å²) < 4.78 is 14.1. The molecule has 2 rings (SSSR count). The van der Waals surface area contributed by atoms with E-state index in [2.05, 4.69) is 36.1 Å². The molecule has 2 aromatic rings. The van der Waals surface area contributed by atoms with Crippen LogP contribution in [0.3, 0.4) is 0 Å². The summed E-state index contributed by atoms with van der Waals surface area (Å²) in [5.41, 5.74) is 0.768. The van der Waals surface area contributed by atoms with E-state index in [-0.39, 0.29) is 18.1 Å². The third-order valence-electron chi connectivity index (χ3n) is 3.85. The molecule has 0 aliphatic carbocycles. The Morgan fingerprint density at radius 2 is 2.07 bits per heavy atom. The molecule has 0 saturated heterocycles. The van der Waals surface area contributed by atoms with Gasteiger partial charge in [-0.05, 0) is 51.4 Å². The fourth-order valence-corrected chi connectivity index (χ4v) is 3.07. The summed E-state index contributed by atoms with van der Waals surface area (Å²) in [5.74, 6) is 0.957. The molecule has 0 aliphatic heterocycles. The zero-order valence-corrected chi connectivity index (χ0v) is 18.5. The first kappa shape index (κ1) is 22.2. The lowest BCUT2D eigenvalue weighted by Crippen LogP contribution is -2.43. The Labute approximate surface area is 174 Å². The van der Waals surface area contributed by atoms with Gasteiger partial charge in [0.05, 0.1) is 13.4 Å². The highest BCUT2D eigenvalue weighted by atomic mass is 79.9. The van der Waals surface area contributed by atoms with E-state index >= 15 is 0 Å². The molecule has 1 heterocycles. The van der Waals surface area contributed by atoms with Crippen molar-refractivity contribution < 1.29 is 14.3 Å². The van der Waals surface area contributed by atoms with Gasteiger partial charge in [0.25, 0.3) is 5.91 Å². The van der Waals surface area contributed by atoms with Gasteiger partial charge in [0, 0.05) is 35.5 Å². The number of amides is 1. The van der Waals surface area contributed by atoms with Crippen LogP contribution in [0.4, 0.5) is 0 Å². The van der Waals surface area contributed by atoms with Gasteiger partial charge in [-0.3, -0.25) is 4.79 Å². The molecular weight excluding hydrogens is 424 g/mol. The Bertz CT molecular complexity index is 758. The molecule has 8 heteroatoms. The number of aromatic nitrogens is 2. The number of ether oxygens (including phenoxy) is 2. The maximum absolute atomic E-state index is 12.0. The van der Waals surface area contributed by atoms with E-state index in [9.17, 15) is 4.79 Å². The molecule has 1 amide bonds. The summed E-state index contributed by atoms with van der Waals surface area (Å²) in [6, 6.07) is 3.76. The maximum atomic E-state index is 12.0. The van der Waals surface area contributed by atoms with Gasteiger partial charge in [-0.25, -0.2) is 4.98 Å². The second-order valence-corrected chi connectivity index (χ2v) is 8.37. The van der Waals surface area contributed by atoms with E-state index in [1.54, 1.807) is 13.3 Å². The second-order valence-electron chi connectivity index (χ2n) is 7.51. The Kier molecular flexibility index (Phi) is 8.32. The topological polar surface area (TPSA) is 77.4 Å². The van der Waals surface area contributed by atoms with Crippen LogP contribution in [0.15, 0.2) is 35.3 Å². The SMILES string of the molecule is COc1cc(CNCCCn2ccnc2)c(Br)cc1OCC(=O)NC(C)(C)C. The smallest absolute Gasteiger partial charge is 0.258 e. The Morgan fingerprint density at radius 1 is 1.29 bits per heavy atom. The average molecular weight is 453 g/mol. The number of methoxy groups -OCH3 is 1. The molecule has 0 radical (unpaired) electrons. The van der Waals surface area contributed by atoms with Crippen molar-refractivity contribution in [3.05, 3.63) is 40.9 Å². The van der Waals surface area contributed by atoms with Crippen LogP contribution in [-0.2, 0) is 17.9 Å². The molecule has 0 unspecified atom stereocenters. The van der Waals surface area contributed by atoms with Crippen LogP contribution in [0.5, 0.6) is 11.5 Å². The Hall–Kier alpha value is -2.06. The summed E-state index contributed by atoms with van der Waals surface area (Å²) in [6.45, 7) is 8.24. The molecule has 7 nitrogen and oxygen atoms in total. The fourth-order valence-electron chi connectivity index (χ4n) is 2.61. The van der Waals surface area contributed by atoms with Gasteiger partial charge in [-0.2, -0.15) is 0 Å². The van der Waals surface area contributed by atoms with E-state index in [1.807, 2.05) is 45.4 Å². The lowest BCUT2D eigenvalue weighted by atomic mass is 10.1. The molecule has 0 fully saturated rings. The number of hydrogen-bond donors (Lipinski definition) is 2. The van der Waals surface area contributed by atoms with Gasteiger partial charge >= 0.3 is 0 Å². The molecule has 0 saturated carbocycles. The highest BCUT2D eigenvalue weighted by molar-refractivity contribution is 9.10. The van der Waals surface area contributed by atoms with Crippen molar-refractivity contribution in [1.29, 1.82) is 0 Å². The number of carbonyl (C=O) groups excluding carboxylic acids is 1. The molecule has 1 aromatic carbocycles. The minimum atomic E-state index is -0.293. The zero-order valence-electron chi connectivity index (χ0n) is 16.9. The standard InChI is InChI=1S/C20H29BrN4O3/c1-20(2,3)24-19(26)13-28-18-11-16(21)15(10-17(18)27-4)12-22-6-5-8-25-9-7-23-14-25/h7,9-11,14,22H,5-6,8,12-13H2,1-4H3,(H,24,26). The number of hydrogen-bond acceptors (Lipinski definition) is 5. The van der Waals surface area contributed by atoms with Gasteiger partial charge in [0.15, 0.2) is 18.1 Å². The first-order valence-electron chi connectivity index (χ1n) is 9.25. The van der Waals surface area contributed by atoms with E-state index in [0.29, 0.717) is 18.0 Å². The molecule has 0 atom stereocenters. The molecule has 2 N–H and O–H groups in total. The van der Waals surface area contributed by atoms with Crippen LogP contribution in [0, 0.1) is 0 Å². The van der Waals surface area contributed by atoms with Crippen LogP contribution in [0.2, 0.25) is 0 Å². The molecule has 0 spiro atoms. The van der Waals surface area contributed by atoms with Crippen molar-refractivity contribution in [3.8, 4) is 11.5 Å². The zero-order chi connectivity index (χ0) is 20.6. The highest BCUT2D eigenvalue weighted by Crippen LogP contribution is 2.33. The van der Waals surface area contributed by atoms with E-state index in [4.69, 9.17) is 9.47 Å². The van der Waals surface area contributed by atoms with Crippen molar-refractivity contribution in [2.75, 3.05) is 20.3 Å². The van der Waals surface area contributed by atoms with Gasteiger partial charge in [0.1, 0.15) is 0 Å². The Morgan fingerprint density at radius 3 is 2.71 bits per heavy atom. The van der Waals surface area contributed by atoms with Crippen LogP contribution < -0.4 is 20.1 Å². The van der Waals surface area contributed by atoms with Gasteiger partial charge in [0.2, 0.25) is 0 Å². The highest BCUT2D eigenvalue weighted by Gasteiger charge is 2.16. The first-order valence-corrected chi connectivity index (χ1v) is 10.0. The van der Waals surface area contributed by atoms with Crippen LogP contribution in [-0.4, -0.2) is 41.3 Å². The molecule has 0 aliphatic rings. The molecule has 1 aromatic heterocycles. The number of rotatable bonds is 10. The third kappa shape index (κ3) is 7.52. The third-order valence-corrected chi connectivity index (χ3v) is 4.59. The van der Waals surface area contributed by atoms with Crippen LogP contribution >= 0.6 is 15.9 Å². The van der Waals surface area contributed by atoms with Crippen LogP contribution in [0.1, 0.15) is 32.8 Å². The Balaban J connectivity index is 1.86. The maximum Gasteiger partial charge on any atom is 0.258 e. The number of nitrogens with zero attached hydrogens (tertiary/aromatic N) is 2. The number of imidazole rings is 1. The summed E-state index contributed by atoms with van der Waals surface area (Å²) in [7, 11) is 1.59. The molecule has 28 heavy (non-hydrogen) atoms. The quantitative estimate of drug-likeness (QED) is 0.541. The fraction of sp³-hybridized carbons (Fsp3) is 0.500. The summed E-state index contributed by atoms with van der Waals surface area (Å²) >= 11 is 3.58. The minimum absolute atomic E-state index is 0.0636. The number of benzene rings is 1. The van der Waals surface area contributed by atoms with E-state index in [1.165, 1.54) is 0 Å². The molecule has 154 valence electrons. The average Bonchev–Trinajstić information content (AvgIpc) is 3.13. The van der Waals surface area contributed by atoms with Gasteiger partial charge < -0.3 is 24.7 Å². The lowest BCUT2D eigenvalue weighted by Gasteiger charge is -2.21. The first-order chi connectivity index (χ1) is 13.3. The minimum Gasteiger partial charge on any atom is -0.493 e. The van der Waals surface area contributed by atoms with Gasteiger partial charge in [-0.15, -0.1) is 0 Å². The summed E-state index contributed by atoms with van der Waals surface area (Å²) in [4.78, 5) is 16.0. The number of nitrogens with one attached hydrogen (secondary N) is 2.